The average Bonchev–Trinajstić information content (AvgIpc) is 2.47. The number of amides is 1. The lowest BCUT2D eigenvalue weighted by molar-refractivity contribution is 0.0970. The molecule has 2 aromatic rings. The third kappa shape index (κ3) is 4.01. The number of hydrogen-bond donors (Lipinski definition) is 2. The first kappa shape index (κ1) is 15.0. The molecule has 0 bridgehead atoms. The number of hydrogen-bond acceptors (Lipinski definition) is 3. The summed E-state index contributed by atoms with van der Waals surface area (Å²) in [5, 5.41) is 7.70. The Morgan fingerprint density at radius 1 is 1.00 bits per heavy atom. The third-order valence-corrected chi connectivity index (χ3v) is 3.72. The molecule has 0 aliphatic heterocycles. The van der Waals surface area contributed by atoms with Crippen LogP contribution in [0.25, 0.3) is 6.08 Å². The highest BCUT2D eigenvalue weighted by atomic mass is 32.2. The standard InChI is InChI=1S/C15H14N2O3S/c16-21(19,20)14-9-5-4-6-12(14)10-11-17-15(18)13-7-2-1-3-8-13/h1-11H,(H,17,18)(H2,16,19,20). The summed E-state index contributed by atoms with van der Waals surface area (Å²) >= 11 is 0. The highest BCUT2D eigenvalue weighted by Crippen LogP contribution is 2.14. The number of carbonyl (C=O) groups excluding carboxylic acids is 1. The molecule has 0 heterocycles. The van der Waals surface area contributed by atoms with E-state index in [1.165, 1.54) is 18.3 Å². The molecule has 6 heteroatoms. The van der Waals surface area contributed by atoms with Gasteiger partial charge in [-0.15, -0.1) is 0 Å². The molecule has 0 aliphatic rings. The highest BCUT2D eigenvalue weighted by molar-refractivity contribution is 7.89. The Morgan fingerprint density at radius 3 is 2.29 bits per heavy atom. The van der Waals surface area contributed by atoms with Gasteiger partial charge in [0.25, 0.3) is 5.91 Å². The molecule has 0 aliphatic carbocycles. The topological polar surface area (TPSA) is 89.3 Å². The van der Waals surface area contributed by atoms with Crippen molar-refractivity contribution in [2.75, 3.05) is 0 Å². The Labute approximate surface area is 123 Å². The van der Waals surface area contributed by atoms with E-state index in [4.69, 9.17) is 5.14 Å². The molecular formula is C15H14N2O3S. The Morgan fingerprint density at radius 2 is 1.62 bits per heavy atom. The second kappa shape index (κ2) is 6.34. The first-order valence-electron chi connectivity index (χ1n) is 6.13. The maximum atomic E-state index is 11.8. The first-order valence-corrected chi connectivity index (χ1v) is 7.67. The minimum atomic E-state index is -3.80. The Kier molecular flexibility index (Phi) is 4.52. The van der Waals surface area contributed by atoms with E-state index in [1.54, 1.807) is 42.5 Å². The number of nitrogens with one attached hydrogen (secondary N) is 1. The molecule has 0 spiro atoms. The fourth-order valence-electron chi connectivity index (χ4n) is 1.76. The predicted octanol–water partition coefficient (Wildman–Crippen LogP) is 1.73. The SMILES string of the molecule is NS(=O)(=O)c1ccccc1C=CNC(=O)c1ccccc1. The number of rotatable bonds is 4. The van der Waals surface area contributed by atoms with E-state index in [-0.39, 0.29) is 10.8 Å². The number of benzene rings is 2. The summed E-state index contributed by atoms with van der Waals surface area (Å²) in [5.41, 5.74) is 0.926. The number of nitrogens with two attached hydrogens (primary N) is 1. The lowest BCUT2D eigenvalue weighted by Gasteiger charge is -2.03. The van der Waals surface area contributed by atoms with Crippen LogP contribution in [0.4, 0.5) is 0 Å². The molecule has 2 rings (SSSR count). The van der Waals surface area contributed by atoms with Crippen molar-refractivity contribution in [1.29, 1.82) is 0 Å². The van der Waals surface area contributed by atoms with Crippen LogP contribution < -0.4 is 10.5 Å². The van der Waals surface area contributed by atoms with E-state index in [9.17, 15) is 13.2 Å². The van der Waals surface area contributed by atoms with Crippen LogP contribution >= 0.6 is 0 Å². The normalized spacial score (nSPS) is 11.5. The summed E-state index contributed by atoms with van der Waals surface area (Å²) in [6.45, 7) is 0. The van der Waals surface area contributed by atoms with E-state index in [0.29, 0.717) is 11.1 Å². The molecule has 0 radical (unpaired) electrons. The van der Waals surface area contributed by atoms with Gasteiger partial charge < -0.3 is 5.32 Å². The van der Waals surface area contributed by atoms with Crippen molar-refractivity contribution in [2.24, 2.45) is 5.14 Å². The Hall–Kier alpha value is -2.44. The molecule has 0 saturated carbocycles. The lowest BCUT2D eigenvalue weighted by atomic mass is 10.2. The predicted molar refractivity (Wildman–Crippen MR) is 80.8 cm³/mol. The average molecular weight is 302 g/mol. The molecule has 5 nitrogen and oxygen atoms in total. The smallest absolute Gasteiger partial charge is 0.255 e. The van der Waals surface area contributed by atoms with Crippen LogP contribution in [0.3, 0.4) is 0 Å². The minimum Gasteiger partial charge on any atom is -0.329 e. The number of sulfonamides is 1. The van der Waals surface area contributed by atoms with Crippen molar-refractivity contribution < 1.29 is 13.2 Å². The zero-order valence-corrected chi connectivity index (χ0v) is 11.9. The first-order chi connectivity index (χ1) is 9.98. The second-order valence-corrected chi connectivity index (χ2v) is 5.79. The molecular weight excluding hydrogens is 288 g/mol. The van der Waals surface area contributed by atoms with Crippen LogP contribution in [0.5, 0.6) is 0 Å². The van der Waals surface area contributed by atoms with Crippen molar-refractivity contribution in [3.05, 3.63) is 71.9 Å². The zero-order chi connectivity index (χ0) is 15.3. The van der Waals surface area contributed by atoms with E-state index >= 15 is 0 Å². The van der Waals surface area contributed by atoms with Gasteiger partial charge in [-0.3, -0.25) is 4.79 Å². The number of primary sulfonamides is 1. The molecule has 0 fully saturated rings. The largest absolute Gasteiger partial charge is 0.329 e. The van der Waals surface area contributed by atoms with Crippen LogP contribution in [0.15, 0.2) is 65.7 Å². The van der Waals surface area contributed by atoms with Gasteiger partial charge in [0, 0.05) is 11.8 Å². The Balaban J connectivity index is 2.15. The minimum absolute atomic E-state index is 0.00945. The molecule has 3 N–H and O–H groups in total. The fourth-order valence-corrected chi connectivity index (χ4v) is 2.49. The van der Waals surface area contributed by atoms with Crippen LogP contribution in [-0.4, -0.2) is 14.3 Å². The summed E-state index contributed by atoms with van der Waals surface area (Å²) in [4.78, 5) is 11.8. The van der Waals surface area contributed by atoms with Crippen LogP contribution in [0.2, 0.25) is 0 Å². The van der Waals surface area contributed by atoms with Crippen molar-refractivity contribution >= 4 is 22.0 Å². The molecule has 2 aromatic carbocycles. The molecule has 1 amide bonds. The van der Waals surface area contributed by atoms with Crippen molar-refractivity contribution in [1.82, 2.24) is 5.32 Å². The van der Waals surface area contributed by atoms with Crippen molar-refractivity contribution in [3.8, 4) is 0 Å². The number of carbonyl (C=O) groups is 1. The van der Waals surface area contributed by atoms with Crippen molar-refractivity contribution in [3.63, 3.8) is 0 Å². The van der Waals surface area contributed by atoms with Crippen LogP contribution in [0, 0.1) is 0 Å². The molecule has 21 heavy (non-hydrogen) atoms. The van der Waals surface area contributed by atoms with Crippen molar-refractivity contribution in [2.45, 2.75) is 4.90 Å². The molecule has 0 unspecified atom stereocenters. The monoisotopic (exact) mass is 302 g/mol. The van der Waals surface area contributed by atoms with Gasteiger partial charge in [0.15, 0.2) is 0 Å². The van der Waals surface area contributed by atoms with E-state index in [2.05, 4.69) is 5.32 Å². The maximum absolute atomic E-state index is 11.8. The van der Waals surface area contributed by atoms with Crippen LogP contribution in [0.1, 0.15) is 15.9 Å². The molecule has 0 atom stereocenters. The summed E-state index contributed by atoms with van der Waals surface area (Å²) in [6.07, 6.45) is 2.87. The summed E-state index contributed by atoms with van der Waals surface area (Å²) in [5.74, 6) is -0.278. The molecule has 108 valence electrons. The van der Waals surface area contributed by atoms with Gasteiger partial charge in [-0.25, -0.2) is 13.6 Å². The highest BCUT2D eigenvalue weighted by Gasteiger charge is 2.10. The lowest BCUT2D eigenvalue weighted by Crippen LogP contribution is -2.17. The maximum Gasteiger partial charge on any atom is 0.255 e. The van der Waals surface area contributed by atoms with E-state index in [0.717, 1.165) is 0 Å². The van der Waals surface area contributed by atoms with E-state index in [1.807, 2.05) is 6.07 Å². The van der Waals surface area contributed by atoms with E-state index < -0.39 is 10.0 Å². The van der Waals surface area contributed by atoms with Gasteiger partial charge in [0.05, 0.1) is 4.90 Å². The van der Waals surface area contributed by atoms with Gasteiger partial charge in [-0.2, -0.15) is 0 Å². The summed E-state index contributed by atoms with van der Waals surface area (Å²) in [6, 6.07) is 15.0. The summed E-state index contributed by atoms with van der Waals surface area (Å²) in [7, 11) is -3.80. The quantitative estimate of drug-likeness (QED) is 0.901. The van der Waals surface area contributed by atoms with Gasteiger partial charge in [-0.05, 0) is 29.8 Å². The molecule has 0 saturated heterocycles. The van der Waals surface area contributed by atoms with Gasteiger partial charge in [0.1, 0.15) is 0 Å². The van der Waals surface area contributed by atoms with Gasteiger partial charge >= 0.3 is 0 Å². The summed E-state index contributed by atoms with van der Waals surface area (Å²) < 4.78 is 22.9. The zero-order valence-electron chi connectivity index (χ0n) is 11.1. The Bertz CT molecular complexity index is 769. The third-order valence-electron chi connectivity index (χ3n) is 2.74. The fraction of sp³-hybridized carbons (Fsp3) is 0. The molecule has 0 aromatic heterocycles. The van der Waals surface area contributed by atoms with Gasteiger partial charge in [-0.1, -0.05) is 36.4 Å². The second-order valence-electron chi connectivity index (χ2n) is 4.26. The van der Waals surface area contributed by atoms with Gasteiger partial charge in [0.2, 0.25) is 10.0 Å². The van der Waals surface area contributed by atoms with Crippen LogP contribution in [-0.2, 0) is 10.0 Å².